The van der Waals surface area contributed by atoms with Crippen molar-refractivity contribution in [3.63, 3.8) is 0 Å². The van der Waals surface area contributed by atoms with Gasteiger partial charge in [0.15, 0.2) is 17.3 Å². The van der Waals surface area contributed by atoms with Gasteiger partial charge in [0.2, 0.25) is 5.95 Å². The number of nitrogens with zero attached hydrogens (tertiary/aromatic N) is 7. The zero-order valence-electron chi connectivity index (χ0n) is 19.3. The molecular weight excluding hydrogens is 485 g/mol. The number of piperidine rings is 1. The van der Waals surface area contributed by atoms with Crippen LogP contribution in [0.1, 0.15) is 12.2 Å². The number of imidazole rings is 1. The number of fused-ring (bicyclic) bond motifs is 2. The van der Waals surface area contributed by atoms with Crippen molar-refractivity contribution in [3.8, 4) is 11.3 Å². The molecule has 0 spiro atoms. The Morgan fingerprint density at radius 1 is 1.22 bits per heavy atom. The predicted molar refractivity (Wildman–Crippen MR) is 124 cm³/mol. The van der Waals surface area contributed by atoms with E-state index in [4.69, 9.17) is 5.73 Å². The number of anilines is 2. The van der Waals surface area contributed by atoms with Gasteiger partial charge in [-0.25, -0.2) is 36.4 Å². The maximum Gasteiger partial charge on any atom is 0.256 e. The van der Waals surface area contributed by atoms with Crippen LogP contribution in [-0.2, 0) is 6.54 Å². The van der Waals surface area contributed by atoms with Crippen LogP contribution in [0, 0.1) is 12.7 Å². The maximum absolute atomic E-state index is 15.1. The van der Waals surface area contributed by atoms with Crippen LogP contribution in [0.25, 0.3) is 27.9 Å². The van der Waals surface area contributed by atoms with Crippen LogP contribution in [0.5, 0.6) is 0 Å². The number of aromatic nitrogens is 6. The van der Waals surface area contributed by atoms with E-state index in [1.807, 2.05) is 0 Å². The molecule has 36 heavy (non-hydrogen) atoms. The highest BCUT2D eigenvalue weighted by Gasteiger charge is 2.30. The van der Waals surface area contributed by atoms with Gasteiger partial charge >= 0.3 is 0 Å². The number of likely N-dealkylation sites (tertiary alicyclic amines) is 1. The van der Waals surface area contributed by atoms with E-state index in [1.165, 1.54) is 15.1 Å². The second-order valence-corrected chi connectivity index (χ2v) is 8.71. The molecule has 1 saturated heterocycles. The smallest absolute Gasteiger partial charge is 0.256 e. The number of alkyl halides is 4. The van der Waals surface area contributed by atoms with Crippen molar-refractivity contribution in [1.82, 2.24) is 34.0 Å². The van der Waals surface area contributed by atoms with Gasteiger partial charge in [-0.1, -0.05) is 0 Å². The van der Waals surface area contributed by atoms with Crippen LogP contribution in [0.15, 0.2) is 18.3 Å². The summed E-state index contributed by atoms with van der Waals surface area (Å²) in [4.78, 5) is 14.5. The summed E-state index contributed by atoms with van der Waals surface area (Å²) in [5, 5.41) is 7.15. The van der Waals surface area contributed by atoms with Crippen LogP contribution in [0.2, 0.25) is 0 Å². The van der Waals surface area contributed by atoms with Gasteiger partial charge in [-0.05, 0) is 25.5 Å². The van der Waals surface area contributed by atoms with Crippen molar-refractivity contribution in [2.45, 2.75) is 38.5 Å². The average Bonchev–Trinajstić information content (AvgIpc) is 3.31. The predicted octanol–water partition coefficient (Wildman–Crippen LogP) is 3.23. The maximum atomic E-state index is 15.1. The molecule has 5 heterocycles. The number of pyridine rings is 1. The molecule has 1 aliphatic rings. The third kappa shape index (κ3) is 4.40. The largest absolute Gasteiger partial charge is 0.382 e. The average molecular weight is 509 g/mol. The molecule has 0 aromatic carbocycles. The second kappa shape index (κ2) is 9.48. The quantitative estimate of drug-likeness (QED) is 0.369. The Bertz CT molecular complexity index is 1400. The topological polar surface area (TPSA) is 102 Å². The second-order valence-electron chi connectivity index (χ2n) is 8.71. The summed E-state index contributed by atoms with van der Waals surface area (Å²) in [5.74, 6) is -0.394. The fraction of sp³-hybridized carbons (Fsp3) is 0.455. The van der Waals surface area contributed by atoms with E-state index >= 15 is 4.39 Å². The van der Waals surface area contributed by atoms with E-state index in [0.717, 1.165) is 6.20 Å². The first kappa shape index (κ1) is 24.2. The highest BCUT2D eigenvalue weighted by Crippen LogP contribution is 2.32. The summed E-state index contributed by atoms with van der Waals surface area (Å²) in [6.07, 6.45) is -2.39. The highest BCUT2D eigenvalue weighted by atomic mass is 19.3. The minimum atomic E-state index is -2.62. The molecule has 5 rings (SSSR count). The summed E-state index contributed by atoms with van der Waals surface area (Å²) in [6, 6.07) is 2.48. The van der Waals surface area contributed by atoms with E-state index in [1.54, 1.807) is 17.9 Å². The molecular formula is C22H24F5N9. The van der Waals surface area contributed by atoms with Crippen LogP contribution in [-0.4, -0.2) is 79.0 Å². The number of hydrogen-bond acceptors (Lipinski definition) is 7. The molecule has 9 nitrogen and oxygen atoms in total. The van der Waals surface area contributed by atoms with Crippen LogP contribution >= 0.6 is 0 Å². The van der Waals surface area contributed by atoms with Crippen LogP contribution in [0.4, 0.5) is 33.7 Å². The van der Waals surface area contributed by atoms with Crippen molar-refractivity contribution < 1.29 is 22.0 Å². The summed E-state index contributed by atoms with van der Waals surface area (Å²) in [6.45, 7) is 1.22. The normalized spacial score (nSPS) is 19.1. The molecule has 3 N–H and O–H groups in total. The van der Waals surface area contributed by atoms with Crippen LogP contribution < -0.4 is 11.1 Å². The van der Waals surface area contributed by atoms with Gasteiger partial charge in [0.25, 0.3) is 6.43 Å². The molecule has 4 aromatic heterocycles. The fourth-order valence-corrected chi connectivity index (χ4v) is 4.61. The highest BCUT2D eigenvalue weighted by molar-refractivity contribution is 5.89. The van der Waals surface area contributed by atoms with Gasteiger partial charge in [-0.3, -0.25) is 4.90 Å². The number of nitrogens with one attached hydrogen (secondary N) is 1. The molecule has 4 aromatic rings. The first-order valence-electron chi connectivity index (χ1n) is 11.4. The lowest BCUT2D eigenvalue weighted by Gasteiger charge is -2.34. The Balaban J connectivity index is 1.48. The Morgan fingerprint density at radius 2 is 2.03 bits per heavy atom. The molecule has 0 saturated carbocycles. The van der Waals surface area contributed by atoms with Crippen molar-refractivity contribution in [3.05, 3.63) is 30.0 Å². The summed E-state index contributed by atoms with van der Waals surface area (Å²) in [7, 11) is 0. The lowest BCUT2D eigenvalue weighted by atomic mass is 10.0. The Hall–Kier alpha value is -3.55. The molecule has 0 radical (unpaired) electrons. The molecule has 192 valence electrons. The van der Waals surface area contributed by atoms with Crippen molar-refractivity contribution in [2.75, 3.05) is 37.4 Å². The first-order valence-corrected chi connectivity index (χ1v) is 11.4. The monoisotopic (exact) mass is 509 g/mol. The van der Waals surface area contributed by atoms with Gasteiger partial charge in [0.1, 0.15) is 29.7 Å². The number of nitrogens with two attached hydrogens (primary N) is 1. The zero-order chi connectivity index (χ0) is 25.6. The van der Waals surface area contributed by atoms with E-state index in [2.05, 4.69) is 25.4 Å². The molecule has 0 aliphatic carbocycles. The van der Waals surface area contributed by atoms with Crippen molar-refractivity contribution >= 4 is 28.4 Å². The molecule has 2 atom stereocenters. The number of hydrogen-bond donors (Lipinski definition) is 2. The van der Waals surface area contributed by atoms with Gasteiger partial charge in [0, 0.05) is 19.6 Å². The molecule has 0 bridgehead atoms. The number of nitrogen functional groups attached to an aromatic ring is 1. The third-order valence-electron chi connectivity index (χ3n) is 6.31. The SMILES string of the molecule is Cc1nc2ccc(-c3c(F)cn4nc(N[C@H]5CCN(CCF)C[C@H]5F)nc(N)c34)nc2n1CC(F)F. The van der Waals surface area contributed by atoms with Crippen LogP contribution in [0.3, 0.4) is 0 Å². The first-order chi connectivity index (χ1) is 17.2. The zero-order valence-corrected chi connectivity index (χ0v) is 19.3. The standard InChI is InChI=1S/C22H24F5N9/c1-11-29-16-3-2-15(30-21(16)35(11)10-17(26)27)18-13(25)9-36-19(18)20(28)32-22(33-36)31-14-4-6-34(7-5-23)8-12(14)24/h2-3,9,12,14,17H,4-8,10H2,1H3,(H3,28,31,32,33)/t12-,14+/m1/s1. The fourth-order valence-electron chi connectivity index (χ4n) is 4.61. The number of aryl methyl sites for hydroxylation is 1. The van der Waals surface area contributed by atoms with E-state index in [0.29, 0.717) is 24.3 Å². The Morgan fingerprint density at radius 3 is 2.75 bits per heavy atom. The van der Waals surface area contributed by atoms with E-state index in [9.17, 15) is 17.6 Å². The Kier molecular flexibility index (Phi) is 6.36. The lowest BCUT2D eigenvalue weighted by Crippen LogP contribution is -2.48. The van der Waals surface area contributed by atoms with Gasteiger partial charge in [0.05, 0.1) is 30.0 Å². The molecule has 14 heteroatoms. The Labute approximate surface area is 202 Å². The van der Waals surface area contributed by atoms with Crippen molar-refractivity contribution in [2.24, 2.45) is 0 Å². The van der Waals surface area contributed by atoms with Gasteiger partial charge < -0.3 is 15.6 Å². The minimum absolute atomic E-state index is 0.00583. The summed E-state index contributed by atoms with van der Waals surface area (Å²) in [5.41, 5.74) is 7.04. The minimum Gasteiger partial charge on any atom is -0.382 e. The third-order valence-corrected chi connectivity index (χ3v) is 6.31. The number of halogens is 5. The van der Waals surface area contributed by atoms with Crippen molar-refractivity contribution in [1.29, 1.82) is 0 Å². The summed E-state index contributed by atoms with van der Waals surface area (Å²) < 4.78 is 70.9. The summed E-state index contributed by atoms with van der Waals surface area (Å²) >= 11 is 0. The molecule has 1 aliphatic heterocycles. The molecule has 0 amide bonds. The molecule has 1 fully saturated rings. The van der Waals surface area contributed by atoms with E-state index < -0.39 is 37.7 Å². The number of rotatable bonds is 7. The lowest BCUT2D eigenvalue weighted by molar-refractivity contribution is 0.120. The molecule has 0 unspecified atom stereocenters. The van der Waals surface area contributed by atoms with Gasteiger partial charge in [-0.15, -0.1) is 5.10 Å². The van der Waals surface area contributed by atoms with Gasteiger partial charge in [-0.2, -0.15) is 4.98 Å². The van der Waals surface area contributed by atoms with E-state index in [-0.39, 0.29) is 47.3 Å².